The maximum absolute atomic E-state index is 16.7. The van der Waals surface area contributed by atoms with Crippen molar-refractivity contribution in [3.05, 3.63) is 53.2 Å². The molecule has 2 aliphatic rings. The molecule has 2 saturated heterocycles. The minimum atomic E-state index is -2.88. The molecule has 2 aliphatic heterocycles. The molecule has 1 amide bonds. The van der Waals surface area contributed by atoms with Gasteiger partial charge in [0.15, 0.2) is 5.82 Å². The first kappa shape index (κ1) is 34.4. The summed E-state index contributed by atoms with van der Waals surface area (Å²) in [6.45, 7) is 5.17. The molecule has 6 rings (SSSR count). The molecule has 10 nitrogen and oxygen atoms in total. The topological polar surface area (TPSA) is 108 Å². The molecule has 2 aromatic heterocycles. The van der Waals surface area contributed by atoms with E-state index in [2.05, 4.69) is 21.0 Å². The number of carbonyl (C=O) groups is 1. The molecule has 0 N–H and O–H groups in total. The number of rotatable bonds is 6. The van der Waals surface area contributed by atoms with Gasteiger partial charge < -0.3 is 19.3 Å². The van der Waals surface area contributed by atoms with E-state index in [1.54, 1.807) is 50.9 Å². The summed E-state index contributed by atoms with van der Waals surface area (Å²) < 4.78 is 70.9. The standard InChI is InChI=1S/C34H34ClF4N7O3/c1-33(2,3)49-32(47)46-13-12-45(16-20(46)10-11-40)30-23-15-41-28(22-7-5-6-19-8-9-24(36)26(35)25(19)22)27(37)29(23)42-31(43-30)48-17-21-14-34(38,39)18-44(21)4/h5-9,15,20-21H,10,12-14,16-18H2,1-4H3/t20-,21-/m0/s1. The summed E-state index contributed by atoms with van der Waals surface area (Å²) in [5, 5.41) is 10.5. The van der Waals surface area contributed by atoms with Crippen molar-refractivity contribution in [1.29, 1.82) is 5.26 Å². The van der Waals surface area contributed by atoms with Gasteiger partial charge in [-0.3, -0.25) is 9.88 Å². The number of carbonyl (C=O) groups excluding carboxylic acids is 1. The Hall–Kier alpha value is -4.48. The van der Waals surface area contributed by atoms with E-state index in [9.17, 15) is 23.2 Å². The van der Waals surface area contributed by atoms with E-state index in [0.717, 1.165) is 0 Å². The van der Waals surface area contributed by atoms with Gasteiger partial charge in [0.25, 0.3) is 5.92 Å². The Morgan fingerprint density at radius 3 is 2.61 bits per heavy atom. The Kier molecular flexibility index (Phi) is 9.19. The minimum absolute atomic E-state index is 0.0144. The Labute approximate surface area is 285 Å². The van der Waals surface area contributed by atoms with Crippen molar-refractivity contribution >= 4 is 45.2 Å². The summed E-state index contributed by atoms with van der Waals surface area (Å²) in [7, 11) is 1.57. The number of amides is 1. The number of hydrogen-bond acceptors (Lipinski definition) is 9. The molecule has 2 fully saturated rings. The molecular formula is C34H34ClF4N7O3. The van der Waals surface area contributed by atoms with Crippen LogP contribution >= 0.6 is 11.6 Å². The number of pyridine rings is 1. The van der Waals surface area contributed by atoms with E-state index in [1.807, 2.05) is 0 Å². The van der Waals surface area contributed by atoms with Crippen molar-refractivity contribution in [2.24, 2.45) is 0 Å². The van der Waals surface area contributed by atoms with E-state index in [0.29, 0.717) is 5.39 Å². The van der Waals surface area contributed by atoms with Crippen molar-refractivity contribution in [3.8, 4) is 23.3 Å². The number of aromatic nitrogens is 3. The summed E-state index contributed by atoms with van der Waals surface area (Å²) in [5.41, 5.74) is -0.836. The number of ether oxygens (including phenoxy) is 2. The molecule has 15 heteroatoms. The number of nitriles is 1. The van der Waals surface area contributed by atoms with Crippen LogP contribution in [-0.4, -0.2) is 94.3 Å². The van der Waals surface area contributed by atoms with Gasteiger partial charge in [-0.15, -0.1) is 0 Å². The lowest BCUT2D eigenvalue weighted by atomic mass is 10.0. The number of piperazine rings is 1. The smallest absolute Gasteiger partial charge is 0.410 e. The van der Waals surface area contributed by atoms with Crippen LogP contribution in [0.15, 0.2) is 36.5 Å². The molecule has 4 aromatic rings. The van der Waals surface area contributed by atoms with Gasteiger partial charge in [-0.25, -0.2) is 22.4 Å². The fourth-order valence-corrected chi connectivity index (χ4v) is 6.60. The Bertz CT molecular complexity index is 1970. The molecule has 49 heavy (non-hydrogen) atoms. The predicted octanol–water partition coefficient (Wildman–Crippen LogP) is 6.83. The molecule has 0 bridgehead atoms. The number of benzene rings is 2. The number of hydrogen-bond donors (Lipinski definition) is 0. The van der Waals surface area contributed by atoms with Crippen molar-refractivity contribution < 1.29 is 31.8 Å². The van der Waals surface area contributed by atoms with Gasteiger partial charge in [0.2, 0.25) is 0 Å². The average molecular weight is 700 g/mol. The molecule has 0 spiro atoms. The van der Waals surface area contributed by atoms with Gasteiger partial charge in [-0.1, -0.05) is 35.9 Å². The number of alkyl halides is 2. The second kappa shape index (κ2) is 13.1. The number of likely N-dealkylation sites (N-methyl/N-ethyl adjacent to an activating group) is 1. The fraction of sp³-hybridized carbons (Fsp3) is 0.441. The third-order valence-corrected chi connectivity index (χ3v) is 8.98. The highest BCUT2D eigenvalue weighted by Gasteiger charge is 2.43. The van der Waals surface area contributed by atoms with Crippen LogP contribution in [0.1, 0.15) is 33.6 Å². The van der Waals surface area contributed by atoms with Crippen LogP contribution < -0.4 is 9.64 Å². The Morgan fingerprint density at radius 1 is 1.14 bits per heavy atom. The largest absolute Gasteiger partial charge is 0.462 e. The Morgan fingerprint density at radius 2 is 1.92 bits per heavy atom. The fourth-order valence-electron chi connectivity index (χ4n) is 6.33. The summed E-state index contributed by atoms with van der Waals surface area (Å²) in [6, 6.07) is 8.34. The zero-order valence-electron chi connectivity index (χ0n) is 27.3. The molecule has 4 heterocycles. The van der Waals surface area contributed by atoms with E-state index >= 15 is 4.39 Å². The van der Waals surface area contributed by atoms with Crippen molar-refractivity contribution in [2.45, 2.75) is 57.2 Å². The van der Waals surface area contributed by atoms with Crippen LogP contribution in [0.2, 0.25) is 5.02 Å². The van der Waals surface area contributed by atoms with Crippen LogP contribution in [0.5, 0.6) is 6.01 Å². The minimum Gasteiger partial charge on any atom is -0.462 e. The molecular weight excluding hydrogens is 666 g/mol. The third-order valence-electron chi connectivity index (χ3n) is 8.61. The van der Waals surface area contributed by atoms with Gasteiger partial charge in [0, 0.05) is 49.2 Å². The predicted molar refractivity (Wildman–Crippen MR) is 176 cm³/mol. The molecule has 0 radical (unpaired) electrons. The summed E-state index contributed by atoms with van der Waals surface area (Å²) in [4.78, 5) is 31.2. The van der Waals surface area contributed by atoms with Gasteiger partial charge in [-0.05, 0) is 39.3 Å². The maximum Gasteiger partial charge on any atom is 0.410 e. The molecule has 2 atom stereocenters. The van der Waals surface area contributed by atoms with Crippen LogP contribution in [0.3, 0.4) is 0 Å². The summed E-state index contributed by atoms with van der Waals surface area (Å²) in [5.74, 6) is -4.20. The monoisotopic (exact) mass is 699 g/mol. The lowest BCUT2D eigenvalue weighted by Crippen LogP contribution is -2.56. The van der Waals surface area contributed by atoms with E-state index in [4.69, 9.17) is 21.1 Å². The van der Waals surface area contributed by atoms with E-state index in [1.165, 1.54) is 28.1 Å². The van der Waals surface area contributed by atoms with Gasteiger partial charge in [0.1, 0.15) is 35.1 Å². The zero-order chi connectivity index (χ0) is 35.2. The third kappa shape index (κ3) is 7.00. The van der Waals surface area contributed by atoms with Gasteiger partial charge >= 0.3 is 12.1 Å². The summed E-state index contributed by atoms with van der Waals surface area (Å²) in [6.07, 6.45) is 0.389. The second-order valence-electron chi connectivity index (χ2n) is 13.4. The van der Waals surface area contributed by atoms with E-state index < -0.39 is 54.3 Å². The molecule has 0 unspecified atom stereocenters. The lowest BCUT2D eigenvalue weighted by molar-refractivity contribution is 0.0132. The quantitative estimate of drug-likeness (QED) is 0.200. The molecule has 2 aromatic carbocycles. The highest BCUT2D eigenvalue weighted by Crippen LogP contribution is 2.39. The first-order valence-electron chi connectivity index (χ1n) is 15.7. The van der Waals surface area contributed by atoms with Crippen molar-refractivity contribution in [1.82, 2.24) is 24.8 Å². The number of fused-ring (bicyclic) bond motifs is 2. The first-order valence-corrected chi connectivity index (χ1v) is 16.1. The SMILES string of the molecule is CN1CC(F)(F)C[C@H]1COc1nc(N2CCN(C(=O)OC(C)(C)C)[C@@H](CC#N)C2)c2cnc(-c3cccc4ccc(F)c(Cl)c34)c(F)c2n1. The molecule has 0 aliphatic carbocycles. The number of anilines is 1. The second-order valence-corrected chi connectivity index (χ2v) is 13.7. The average Bonchev–Trinajstić information content (AvgIpc) is 3.31. The summed E-state index contributed by atoms with van der Waals surface area (Å²) >= 11 is 6.35. The van der Waals surface area contributed by atoms with Gasteiger partial charge in [0.05, 0.1) is 35.5 Å². The Balaban J connectivity index is 1.43. The normalized spacial score (nSPS) is 19.8. The maximum atomic E-state index is 16.7. The first-order chi connectivity index (χ1) is 23.2. The highest BCUT2D eigenvalue weighted by atomic mass is 35.5. The van der Waals surface area contributed by atoms with Gasteiger partial charge in [-0.2, -0.15) is 15.2 Å². The van der Waals surface area contributed by atoms with Crippen LogP contribution in [0, 0.1) is 23.0 Å². The van der Waals surface area contributed by atoms with E-state index in [-0.39, 0.29) is 77.1 Å². The van der Waals surface area contributed by atoms with Crippen LogP contribution in [0.4, 0.5) is 28.2 Å². The number of halogens is 5. The lowest BCUT2D eigenvalue weighted by Gasteiger charge is -2.41. The molecule has 0 saturated carbocycles. The van der Waals surface area contributed by atoms with Crippen molar-refractivity contribution in [2.75, 3.05) is 44.7 Å². The number of likely N-dealkylation sites (tertiary alicyclic amines) is 1. The van der Waals surface area contributed by atoms with Crippen LogP contribution in [-0.2, 0) is 4.74 Å². The van der Waals surface area contributed by atoms with Crippen LogP contribution in [0.25, 0.3) is 32.9 Å². The highest BCUT2D eigenvalue weighted by molar-refractivity contribution is 6.36. The van der Waals surface area contributed by atoms with Crippen molar-refractivity contribution in [3.63, 3.8) is 0 Å². The number of nitrogens with zero attached hydrogens (tertiary/aromatic N) is 7. The molecule has 258 valence electrons. The zero-order valence-corrected chi connectivity index (χ0v) is 28.1.